The fourth-order valence-corrected chi connectivity index (χ4v) is 3.30. The Balaban J connectivity index is 1.96. The standard InChI is InChI=1S/C21H15N3/c1-3-7-15(8-4-1)19-20(16-9-5-2-6-10-16)24-18(23-19)12-11-17-13-14-22-21(17)24/h1-14,22H. The third-order valence-corrected chi connectivity index (χ3v) is 4.39. The van der Waals surface area contributed by atoms with Crippen LogP contribution in [0.15, 0.2) is 85.1 Å². The van der Waals surface area contributed by atoms with Gasteiger partial charge in [-0.25, -0.2) is 4.98 Å². The highest BCUT2D eigenvalue weighted by molar-refractivity contribution is 5.88. The number of H-pyrrole nitrogens is 1. The normalized spacial score (nSPS) is 11.3. The summed E-state index contributed by atoms with van der Waals surface area (Å²) in [5.41, 5.74) is 6.42. The second kappa shape index (κ2) is 5.10. The number of pyridine rings is 1. The van der Waals surface area contributed by atoms with Gasteiger partial charge in [-0.15, -0.1) is 0 Å². The average molecular weight is 309 g/mol. The molecular weight excluding hydrogens is 294 g/mol. The number of nitrogens with zero attached hydrogens (tertiary/aromatic N) is 2. The minimum absolute atomic E-state index is 0.947. The molecule has 0 bridgehead atoms. The van der Waals surface area contributed by atoms with Gasteiger partial charge < -0.3 is 4.98 Å². The molecule has 3 heteroatoms. The lowest BCUT2D eigenvalue weighted by molar-refractivity contribution is 1.21. The Bertz CT molecular complexity index is 1140. The Labute approximate surface area is 139 Å². The quantitative estimate of drug-likeness (QED) is 0.480. The molecule has 1 N–H and O–H groups in total. The van der Waals surface area contributed by atoms with Crippen LogP contribution in [-0.4, -0.2) is 14.4 Å². The maximum Gasteiger partial charge on any atom is 0.139 e. The molecule has 114 valence electrons. The molecule has 0 aliphatic heterocycles. The molecule has 2 aromatic carbocycles. The van der Waals surface area contributed by atoms with Crippen LogP contribution in [0.2, 0.25) is 0 Å². The first kappa shape index (κ1) is 13.1. The molecule has 0 saturated heterocycles. The summed E-state index contributed by atoms with van der Waals surface area (Å²) in [5, 5.41) is 1.18. The van der Waals surface area contributed by atoms with Gasteiger partial charge in [-0.05, 0) is 18.2 Å². The van der Waals surface area contributed by atoms with Crippen molar-refractivity contribution in [3.05, 3.63) is 85.1 Å². The van der Waals surface area contributed by atoms with Gasteiger partial charge in [0.2, 0.25) is 0 Å². The van der Waals surface area contributed by atoms with E-state index in [0.29, 0.717) is 0 Å². The van der Waals surface area contributed by atoms with Crippen LogP contribution in [0.1, 0.15) is 0 Å². The molecule has 5 rings (SSSR count). The van der Waals surface area contributed by atoms with Crippen LogP contribution in [0.4, 0.5) is 0 Å². The number of hydrogen-bond acceptors (Lipinski definition) is 1. The minimum Gasteiger partial charge on any atom is -0.347 e. The van der Waals surface area contributed by atoms with Crippen LogP contribution in [0.3, 0.4) is 0 Å². The molecule has 3 heterocycles. The Morgan fingerprint density at radius 3 is 2.17 bits per heavy atom. The van der Waals surface area contributed by atoms with Crippen LogP contribution >= 0.6 is 0 Å². The zero-order chi connectivity index (χ0) is 15.9. The molecule has 0 atom stereocenters. The fraction of sp³-hybridized carbons (Fsp3) is 0. The van der Waals surface area contributed by atoms with E-state index in [1.807, 2.05) is 18.3 Å². The van der Waals surface area contributed by atoms with Crippen LogP contribution in [0.5, 0.6) is 0 Å². The van der Waals surface area contributed by atoms with Crippen LogP contribution < -0.4 is 0 Å². The summed E-state index contributed by atoms with van der Waals surface area (Å²) in [6.07, 6.45) is 1.97. The summed E-state index contributed by atoms with van der Waals surface area (Å²) in [6.45, 7) is 0. The molecule has 0 aliphatic carbocycles. The summed E-state index contributed by atoms with van der Waals surface area (Å²) < 4.78 is 2.22. The van der Waals surface area contributed by atoms with Crippen molar-refractivity contribution in [2.24, 2.45) is 0 Å². The third-order valence-electron chi connectivity index (χ3n) is 4.39. The van der Waals surface area contributed by atoms with E-state index >= 15 is 0 Å². The van der Waals surface area contributed by atoms with Crippen LogP contribution in [0, 0.1) is 0 Å². The summed E-state index contributed by atoms with van der Waals surface area (Å²) in [7, 11) is 0. The predicted molar refractivity (Wildman–Crippen MR) is 97.9 cm³/mol. The van der Waals surface area contributed by atoms with E-state index in [0.717, 1.165) is 33.8 Å². The van der Waals surface area contributed by atoms with Crippen molar-refractivity contribution in [1.82, 2.24) is 14.4 Å². The topological polar surface area (TPSA) is 33.1 Å². The van der Waals surface area contributed by atoms with Crippen LogP contribution in [0.25, 0.3) is 39.2 Å². The Morgan fingerprint density at radius 1 is 0.708 bits per heavy atom. The van der Waals surface area contributed by atoms with Gasteiger partial charge in [0, 0.05) is 22.7 Å². The smallest absolute Gasteiger partial charge is 0.139 e. The summed E-state index contributed by atoms with van der Waals surface area (Å²) >= 11 is 0. The summed E-state index contributed by atoms with van der Waals surface area (Å²) in [5.74, 6) is 0. The number of aromatic amines is 1. The fourth-order valence-electron chi connectivity index (χ4n) is 3.30. The van der Waals surface area contributed by atoms with E-state index in [2.05, 4.69) is 76.1 Å². The van der Waals surface area contributed by atoms with Crippen molar-refractivity contribution in [1.29, 1.82) is 0 Å². The summed E-state index contributed by atoms with van der Waals surface area (Å²) in [4.78, 5) is 8.29. The van der Waals surface area contributed by atoms with Crippen molar-refractivity contribution < 1.29 is 0 Å². The first-order chi connectivity index (χ1) is 11.9. The first-order valence-corrected chi connectivity index (χ1v) is 8.01. The van der Waals surface area contributed by atoms with Crippen molar-refractivity contribution in [3.8, 4) is 22.5 Å². The van der Waals surface area contributed by atoms with Crippen molar-refractivity contribution in [2.45, 2.75) is 0 Å². The largest absolute Gasteiger partial charge is 0.347 e. The van der Waals surface area contributed by atoms with Crippen LogP contribution in [-0.2, 0) is 0 Å². The Morgan fingerprint density at radius 2 is 1.42 bits per heavy atom. The highest BCUT2D eigenvalue weighted by atomic mass is 15.1. The van der Waals surface area contributed by atoms with Gasteiger partial charge in [0.05, 0.1) is 11.4 Å². The molecule has 0 fully saturated rings. The van der Waals surface area contributed by atoms with Gasteiger partial charge in [-0.1, -0.05) is 60.7 Å². The van der Waals surface area contributed by atoms with Gasteiger partial charge in [0.1, 0.15) is 11.3 Å². The number of rotatable bonds is 2. The number of imidazole rings is 1. The maximum atomic E-state index is 4.93. The van der Waals surface area contributed by atoms with E-state index in [9.17, 15) is 0 Å². The first-order valence-electron chi connectivity index (χ1n) is 8.01. The number of hydrogen-bond donors (Lipinski definition) is 1. The molecule has 0 saturated carbocycles. The van der Waals surface area contributed by atoms with Gasteiger partial charge in [-0.3, -0.25) is 4.40 Å². The zero-order valence-corrected chi connectivity index (χ0v) is 13.0. The van der Waals surface area contributed by atoms with E-state index in [1.165, 1.54) is 5.39 Å². The van der Waals surface area contributed by atoms with E-state index in [-0.39, 0.29) is 0 Å². The van der Waals surface area contributed by atoms with E-state index in [1.54, 1.807) is 0 Å². The lowest BCUT2D eigenvalue weighted by Crippen LogP contribution is -1.92. The van der Waals surface area contributed by atoms with Gasteiger partial charge in [0.25, 0.3) is 0 Å². The van der Waals surface area contributed by atoms with E-state index in [4.69, 9.17) is 4.98 Å². The Hall–Kier alpha value is -3.33. The minimum atomic E-state index is 0.947. The highest BCUT2D eigenvalue weighted by Crippen LogP contribution is 2.34. The number of nitrogens with one attached hydrogen (secondary N) is 1. The monoisotopic (exact) mass is 309 g/mol. The second-order valence-corrected chi connectivity index (χ2v) is 5.85. The number of fused-ring (bicyclic) bond motifs is 3. The third kappa shape index (κ3) is 1.88. The number of benzene rings is 2. The summed E-state index contributed by atoms with van der Waals surface area (Å²) in [6, 6.07) is 27.1. The Kier molecular flexibility index (Phi) is 2.79. The molecule has 0 radical (unpaired) electrons. The molecular formula is C21H15N3. The zero-order valence-electron chi connectivity index (χ0n) is 13.0. The molecule has 0 amide bonds. The molecule has 0 spiro atoms. The molecule has 0 aliphatic rings. The molecule has 0 unspecified atom stereocenters. The van der Waals surface area contributed by atoms with Gasteiger partial charge in [-0.2, -0.15) is 0 Å². The van der Waals surface area contributed by atoms with Gasteiger partial charge in [0.15, 0.2) is 0 Å². The molecule has 24 heavy (non-hydrogen) atoms. The second-order valence-electron chi connectivity index (χ2n) is 5.85. The molecule has 3 nitrogen and oxygen atoms in total. The van der Waals surface area contributed by atoms with Gasteiger partial charge >= 0.3 is 0 Å². The predicted octanol–water partition coefficient (Wildman–Crippen LogP) is 5.15. The lowest BCUT2D eigenvalue weighted by Gasteiger charge is -2.07. The van der Waals surface area contributed by atoms with Crippen molar-refractivity contribution in [3.63, 3.8) is 0 Å². The lowest BCUT2D eigenvalue weighted by atomic mass is 10.0. The van der Waals surface area contributed by atoms with E-state index < -0.39 is 0 Å². The molecule has 5 aromatic rings. The van der Waals surface area contributed by atoms with Crippen molar-refractivity contribution >= 4 is 16.7 Å². The number of aromatic nitrogens is 3. The average Bonchev–Trinajstić information content (AvgIpc) is 3.27. The molecule has 3 aromatic heterocycles. The highest BCUT2D eigenvalue weighted by Gasteiger charge is 2.17. The SMILES string of the molecule is c1ccc(-c2nc3ccc4cc[nH]c4n3c2-c2ccccc2)cc1. The van der Waals surface area contributed by atoms with Crippen molar-refractivity contribution in [2.75, 3.05) is 0 Å². The maximum absolute atomic E-state index is 4.93.